The summed E-state index contributed by atoms with van der Waals surface area (Å²) in [6.07, 6.45) is -6.03. The first kappa shape index (κ1) is 18.6. The Morgan fingerprint density at radius 3 is 2.44 bits per heavy atom. The van der Waals surface area contributed by atoms with Crippen LogP contribution in [-0.2, 0) is 10.4 Å². The maximum absolute atomic E-state index is 13.8. The first-order valence-corrected chi connectivity index (χ1v) is 9.60. The maximum Gasteiger partial charge on any atom is 0.424 e. The number of rotatable bonds is 3. The number of carbonyl (C=O) groups is 1. The lowest BCUT2D eigenvalue weighted by Crippen LogP contribution is -2.47. The highest BCUT2D eigenvalue weighted by Gasteiger charge is 2.59. The van der Waals surface area contributed by atoms with Gasteiger partial charge < -0.3 is 14.9 Å². The van der Waals surface area contributed by atoms with Crippen LogP contribution in [0.4, 0.5) is 13.2 Å². The molecule has 2 aliphatic heterocycles. The van der Waals surface area contributed by atoms with Crippen LogP contribution in [0, 0.1) is 11.8 Å². The predicted octanol–water partition coefficient (Wildman–Crippen LogP) is 2.46. The normalized spacial score (nSPS) is 25.7. The zero-order valence-corrected chi connectivity index (χ0v) is 15.6. The molecule has 5 nitrogen and oxygen atoms in total. The van der Waals surface area contributed by atoms with Gasteiger partial charge in [0, 0.05) is 26.2 Å². The standard InChI is InChI=1S/C18H20F3N3O2S/c1-23-7-11-9-24(10-12(11)8-23)15(25)6-17(26,18(19,20)21)16-22-13-4-2-3-5-14(13)27-16/h2-5,11-12,26H,6-10H2,1H3/t11-,12+,17?. The number of fused-ring (bicyclic) bond motifs is 2. The Morgan fingerprint density at radius 1 is 1.22 bits per heavy atom. The molecule has 1 amide bonds. The summed E-state index contributed by atoms with van der Waals surface area (Å²) in [6, 6.07) is 6.60. The smallest absolute Gasteiger partial charge is 0.374 e. The number of para-hydroxylation sites is 1. The number of hydrogen-bond acceptors (Lipinski definition) is 5. The van der Waals surface area contributed by atoms with Crippen molar-refractivity contribution < 1.29 is 23.1 Å². The van der Waals surface area contributed by atoms with Crippen molar-refractivity contribution in [1.82, 2.24) is 14.8 Å². The molecule has 2 aromatic rings. The van der Waals surface area contributed by atoms with Gasteiger partial charge in [-0.2, -0.15) is 13.2 Å². The van der Waals surface area contributed by atoms with Crippen LogP contribution in [0.25, 0.3) is 10.2 Å². The van der Waals surface area contributed by atoms with E-state index in [0.717, 1.165) is 24.4 Å². The van der Waals surface area contributed by atoms with E-state index in [0.29, 0.717) is 35.1 Å². The van der Waals surface area contributed by atoms with Crippen LogP contribution in [0.1, 0.15) is 11.4 Å². The Hall–Kier alpha value is -1.71. The van der Waals surface area contributed by atoms with Gasteiger partial charge in [0.25, 0.3) is 0 Å². The van der Waals surface area contributed by atoms with Crippen LogP contribution in [-0.4, -0.2) is 65.2 Å². The lowest BCUT2D eigenvalue weighted by atomic mass is 9.99. The Labute approximate surface area is 158 Å². The number of thiazole rings is 1. The number of amides is 1. The first-order chi connectivity index (χ1) is 12.7. The summed E-state index contributed by atoms with van der Waals surface area (Å²) in [5.41, 5.74) is -2.89. The summed E-state index contributed by atoms with van der Waals surface area (Å²) >= 11 is 0.774. The monoisotopic (exact) mass is 399 g/mol. The third-order valence-electron chi connectivity index (χ3n) is 5.55. The van der Waals surface area contributed by atoms with Crippen LogP contribution in [0.3, 0.4) is 0 Å². The zero-order valence-electron chi connectivity index (χ0n) is 14.7. The number of alkyl halides is 3. The van der Waals surface area contributed by atoms with E-state index in [-0.39, 0.29) is 0 Å². The SMILES string of the molecule is CN1C[C@@H]2CN(C(=O)CC(O)(c3nc4ccccc4s3)C(F)(F)F)C[C@@H]2C1. The second-order valence-electron chi connectivity index (χ2n) is 7.56. The number of benzene rings is 1. The molecule has 2 aliphatic rings. The molecular weight excluding hydrogens is 379 g/mol. The molecule has 4 rings (SSSR count). The van der Waals surface area contributed by atoms with Crippen molar-refractivity contribution in [3.8, 4) is 0 Å². The Balaban J connectivity index is 1.58. The van der Waals surface area contributed by atoms with Crippen molar-refractivity contribution in [2.24, 2.45) is 11.8 Å². The highest BCUT2D eigenvalue weighted by molar-refractivity contribution is 7.18. The van der Waals surface area contributed by atoms with Crippen molar-refractivity contribution in [2.75, 3.05) is 33.2 Å². The topological polar surface area (TPSA) is 56.7 Å². The fourth-order valence-electron chi connectivity index (χ4n) is 4.11. The van der Waals surface area contributed by atoms with E-state index in [1.807, 2.05) is 7.05 Å². The molecule has 0 saturated carbocycles. The number of aromatic nitrogens is 1. The summed E-state index contributed by atoms with van der Waals surface area (Å²) in [5, 5.41) is 10.1. The lowest BCUT2D eigenvalue weighted by Gasteiger charge is -2.30. The molecule has 0 radical (unpaired) electrons. The Bertz CT molecular complexity index is 824. The van der Waals surface area contributed by atoms with Crippen molar-refractivity contribution in [3.63, 3.8) is 0 Å². The van der Waals surface area contributed by atoms with Gasteiger partial charge in [-0.15, -0.1) is 11.3 Å². The number of aliphatic hydroxyl groups is 1. The number of nitrogens with zero attached hydrogens (tertiary/aromatic N) is 3. The van der Waals surface area contributed by atoms with Crippen LogP contribution >= 0.6 is 11.3 Å². The van der Waals surface area contributed by atoms with Gasteiger partial charge >= 0.3 is 6.18 Å². The molecule has 2 fully saturated rings. The maximum atomic E-state index is 13.8. The summed E-state index contributed by atoms with van der Waals surface area (Å²) < 4.78 is 41.9. The van der Waals surface area contributed by atoms with Gasteiger partial charge in [-0.1, -0.05) is 12.1 Å². The van der Waals surface area contributed by atoms with E-state index < -0.39 is 29.1 Å². The molecule has 1 aromatic carbocycles. The molecule has 0 bridgehead atoms. The number of hydrogen-bond donors (Lipinski definition) is 1. The van der Waals surface area contributed by atoms with Gasteiger partial charge in [0.15, 0.2) is 0 Å². The fourth-order valence-corrected chi connectivity index (χ4v) is 5.18. The molecule has 27 heavy (non-hydrogen) atoms. The van der Waals surface area contributed by atoms with Crippen molar-refractivity contribution in [2.45, 2.75) is 18.2 Å². The lowest BCUT2D eigenvalue weighted by molar-refractivity contribution is -0.268. The van der Waals surface area contributed by atoms with Crippen LogP contribution < -0.4 is 0 Å². The van der Waals surface area contributed by atoms with Crippen molar-refractivity contribution in [3.05, 3.63) is 29.3 Å². The van der Waals surface area contributed by atoms with Gasteiger partial charge in [-0.05, 0) is 31.0 Å². The van der Waals surface area contributed by atoms with Crippen LogP contribution in [0.15, 0.2) is 24.3 Å². The zero-order chi connectivity index (χ0) is 19.4. The molecule has 2 saturated heterocycles. The highest BCUT2D eigenvalue weighted by atomic mass is 32.1. The fraction of sp³-hybridized carbons (Fsp3) is 0.556. The summed E-state index contributed by atoms with van der Waals surface area (Å²) in [7, 11) is 2.00. The van der Waals surface area contributed by atoms with E-state index in [4.69, 9.17) is 0 Å². The first-order valence-electron chi connectivity index (χ1n) is 8.79. The molecule has 146 valence electrons. The van der Waals surface area contributed by atoms with E-state index in [2.05, 4.69) is 9.88 Å². The average Bonchev–Trinajstić information content (AvgIpc) is 3.25. The number of likely N-dealkylation sites (tertiary alicyclic amines) is 2. The van der Waals surface area contributed by atoms with Gasteiger partial charge in [0.05, 0.1) is 16.6 Å². The van der Waals surface area contributed by atoms with Gasteiger partial charge in [0.2, 0.25) is 11.5 Å². The molecule has 9 heteroatoms. The minimum atomic E-state index is -4.99. The molecule has 1 aromatic heterocycles. The van der Waals surface area contributed by atoms with Crippen LogP contribution in [0.5, 0.6) is 0 Å². The summed E-state index contributed by atoms with van der Waals surface area (Å²) in [6.45, 7) is 2.58. The van der Waals surface area contributed by atoms with Gasteiger partial charge in [0.1, 0.15) is 5.01 Å². The molecule has 1 unspecified atom stereocenters. The molecule has 0 spiro atoms. The second kappa shape index (κ2) is 6.42. The van der Waals surface area contributed by atoms with E-state index in [9.17, 15) is 23.1 Å². The number of halogens is 3. The molecule has 3 atom stereocenters. The van der Waals surface area contributed by atoms with Gasteiger partial charge in [-0.3, -0.25) is 4.79 Å². The van der Waals surface area contributed by atoms with E-state index in [1.165, 1.54) is 4.90 Å². The average molecular weight is 399 g/mol. The minimum absolute atomic E-state index is 0.292. The van der Waals surface area contributed by atoms with E-state index in [1.54, 1.807) is 24.3 Å². The van der Waals surface area contributed by atoms with E-state index >= 15 is 0 Å². The molecular formula is C18H20F3N3O2S. The third kappa shape index (κ3) is 3.21. The van der Waals surface area contributed by atoms with Crippen molar-refractivity contribution in [1.29, 1.82) is 0 Å². The third-order valence-corrected chi connectivity index (χ3v) is 6.73. The molecule has 1 N–H and O–H groups in total. The molecule has 0 aliphatic carbocycles. The Kier molecular flexibility index (Phi) is 4.44. The minimum Gasteiger partial charge on any atom is -0.374 e. The number of carbonyl (C=O) groups excluding carboxylic acids is 1. The summed E-state index contributed by atoms with van der Waals surface area (Å²) in [4.78, 5) is 20.2. The quantitative estimate of drug-likeness (QED) is 0.862. The Morgan fingerprint density at radius 2 is 1.85 bits per heavy atom. The highest BCUT2D eigenvalue weighted by Crippen LogP contribution is 2.45. The summed E-state index contributed by atoms with van der Waals surface area (Å²) in [5.74, 6) is -0.0908. The largest absolute Gasteiger partial charge is 0.424 e. The van der Waals surface area contributed by atoms with Crippen molar-refractivity contribution >= 4 is 27.5 Å². The predicted molar refractivity (Wildman–Crippen MR) is 95.2 cm³/mol. The van der Waals surface area contributed by atoms with Gasteiger partial charge in [-0.25, -0.2) is 4.98 Å². The molecule has 3 heterocycles. The van der Waals surface area contributed by atoms with Crippen LogP contribution in [0.2, 0.25) is 0 Å². The second-order valence-corrected chi connectivity index (χ2v) is 8.59.